The van der Waals surface area contributed by atoms with Gasteiger partial charge in [-0.3, -0.25) is 9.59 Å². The van der Waals surface area contributed by atoms with Crippen molar-refractivity contribution >= 4 is 29.0 Å². The third-order valence-corrected chi connectivity index (χ3v) is 2.34. The van der Waals surface area contributed by atoms with Crippen molar-refractivity contribution in [3.8, 4) is 0 Å². The molecule has 2 amide bonds. The highest BCUT2D eigenvalue weighted by Crippen LogP contribution is 2.18. The Labute approximate surface area is 85.5 Å². The Morgan fingerprint density at radius 2 is 2.00 bits per heavy atom. The van der Waals surface area contributed by atoms with Crippen molar-refractivity contribution in [2.75, 3.05) is 0 Å². The van der Waals surface area contributed by atoms with Gasteiger partial charge in [0.15, 0.2) is 0 Å². The van der Waals surface area contributed by atoms with Crippen molar-refractivity contribution in [1.82, 2.24) is 5.32 Å². The van der Waals surface area contributed by atoms with E-state index in [-0.39, 0.29) is 22.8 Å². The van der Waals surface area contributed by atoms with Gasteiger partial charge in [-0.2, -0.15) is 0 Å². The van der Waals surface area contributed by atoms with E-state index in [4.69, 9.17) is 29.4 Å². The van der Waals surface area contributed by atoms with Crippen molar-refractivity contribution in [2.24, 2.45) is 23.1 Å². The smallest absolute Gasteiger partial charge is 0.248 e. The third-order valence-electron chi connectivity index (χ3n) is 1.95. The fraction of sp³-hybridized carbons (Fsp3) is 0.286. The number of nitrogens with one attached hydrogen (secondary N) is 1. The summed E-state index contributed by atoms with van der Waals surface area (Å²) in [5.41, 5.74) is 15.8. The number of hydrogen-bond acceptors (Lipinski definition) is 4. The number of rotatable bonds is 2. The van der Waals surface area contributed by atoms with Gasteiger partial charge in [-0.1, -0.05) is 12.2 Å². The van der Waals surface area contributed by atoms with Crippen molar-refractivity contribution in [1.29, 1.82) is 0 Å². The molecule has 1 unspecified atom stereocenters. The summed E-state index contributed by atoms with van der Waals surface area (Å²) in [6.45, 7) is 0. The van der Waals surface area contributed by atoms with Gasteiger partial charge in [-0.15, -0.1) is 0 Å². The molecule has 0 bridgehead atoms. The maximum atomic E-state index is 10.9. The Morgan fingerprint density at radius 1 is 1.43 bits per heavy atom. The number of carbonyl (C=O) groups excluding carboxylic acids is 2. The van der Waals surface area contributed by atoms with Crippen molar-refractivity contribution in [2.45, 2.75) is 6.42 Å². The highest BCUT2D eigenvalue weighted by Gasteiger charge is 2.30. The molecular weight excluding hydrogens is 204 g/mol. The van der Waals surface area contributed by atoms with Gasteiger partial charge in [0.25, 0.3) is 0 Å². The monoisotopic (exact) mass is 214 g/mol. The number of primary amides is 2. The zero-order valence-electron chi connectivity index (χ0n) is 7.24. The predicted octanol–water partition coefficient (Wildman–Crippen LogP) is -1.94. The maximum absolute atomic E-state index is 10.9. The molecule has 0 fully saturated rings. The summed E-state index contributed by atoms with van der Waals surface area (Å²) in [6.07, 6.45) is 0.0718. The van der Waals surface area contributed by atoms with E-state index in [9.17, 15) is 9.59 Å². The van der Waals surface area contributed by atoms with Gasteiger partial charge in [-0.05, 0) is 6.42 Å². The summed E-state index contributed by atoms with van der Waals surface area (Å²) in [4.78, 5) is 22.0. The molecule has 7 N–H and O–H groups in total. The summed E-state index contributed by atoms with van der Waals surface area (Å²) >= 11 is 4.84. The van der Waals surface area contributed by atoms with Crippen LogP contribution in [-0.4, -0.2) is 16.8 Å². The molecule has 1 heterocycles. The zero-order chi connectivity index (χ0) is 10.9. The lowest BCUT2D eigenvalue weighted by molar-refractivity contribution is -0.120. The molecule has 0 saturated heterocycles. The van der Waals surface area contributed by atoms with Crippen LogP contribution in [0.15, 0.2) is 11.4 Å². The second-order valence-corrected chi connectivity index (χ2v) is 3.34. The molecule has 1 atom stereocenters. The Hall–Kier alpha value is -1.63. The predicted molar refractivity (Wildman–Crippen MR) is 53.4 cm³/mol. The highest BCUT2D eigenvalue weighted by molar-refractivity contribution is 7.80. The van der Waals surface area contributed by atoms with E-state index in [1.807, 2.05) is 0 Å². The largest absolute Gasteiger partial charge is 0.385 e. The number of hydrogen-bond donors (Lipinski definition) is 4. The Balaban J connectivity index is 3.00. The van der Waals surface area contributed by atoms with Crippen LogP contribution in [0.25, 0.3) is 0 Å². The van der Waals surface area contributed by atoms with Gasteiger partial charge in [-0.25, -0.2) is 0 Å². The molecule has 0 aromatic rings. The molecular formula is C7H10N4O2S. The molecule has 0 spiro atoms. The fourth-order valence-electron chi connectivity index (χ4n) is 1.17. The standard InChI is InChI=1S/C7H10N4O2S/c8-4-2(5(9)12)1-3(6(10)13)7(14)11-4/h3H,1,8H2,(H2,9,12)(H2,10,13)(H,11,14). The zero-order valence-corrected chi connectivity index (χ0v) is 8.06. The molecule has 76 valence electrons. The van der Waals surface area contributed by atoms with Crippen molar-refractivity contribution < 1.29 is 9.59 Å². The van der Waals surface area contributed by atoms with Gasteiger partial charge in [0.2, 0.25) is 11.8 Å². The van der Waals surface area contributed by atoms with E-state index in [0.717, 1.165) is 0 Å². The van der Waals surface area contributed by atoms with Crippen LogP contribution < -0.4 is 22.5 Å². The third kappa shape index (κ3) is 1.82. The molecule has 1 aliphatic heterocycles. The van der Waals surface area contributed by atoms with Crippen LogP contribution >= 0.6 is 12.2 Å². The van der Waals surface area contributed by atoms with Crippen LogP contribution in [0.3, 0.4) is 0 Å². The molecule has 0 saturated carbocycles. The van der Waals surface area contributed by atoms with Gasteiger partial charge >= 0.3 is 0 Å². The van der Waals surface area contributed by atoms with E-state index >= 15 is 0 Å². The number of thiocarbonyl (C=S) groups is 1. The summed E-state index contributed by atoms with van der Waals surface area (Å²) in [7, 11) is 0. The second kappa shape index (κ2) is 3.62. The average molecular weight is 214 g/mol. The van der Waals surface area contributed by atoms with E-state index in [1.165, 1.54) is 0 Å². The number of nitrogens with two attached hydrogens (primary N) is 3. The summed E-state index contributed by atoms with van der Waals surface area (Å²) < 4.78 is 0. The van der Waals surface area contributed by atoms with Gasteiger partial charge in [0.1, 0.15) is 5.82 Å². The van der Waals surface area contributed by atoms with E-state index < -0.39 is 17.7 Å². The van der Waals surface area contributed by atoms with Crippen LogP contribution in [0, 0.1) is 5.92 Å². The van der Waals surface area contributed by atoms with Gasteiger partial charge in [0, 0.05) is 0 Å². The first-order chi connectivity index (χ1) is 6.43. The van der Waals surface area contributed by atoms with Crippen LogP contribution in [0.1, 0.15) is 6.42 Å². The molecule has 0 aromatic heterocycles. The van der Waals surface area contributed by atoms with Gasteiger partial charge < -0.3 is 22.5 Å². The van der Waals surface area contributed by atoms with Crippen molar-refractivity contribution in [3.63, 3.8) is 0 Å². The van der Waals surface area contributed by atoms with E-state index in [0.29, 0.717) is 0 Å². The van der Waals surface area contributed by atoms with Crippen LogP contribution in [0.4, 0.5) is 0 Å². The van der Waals surface area contributed by atoms with Crippen LogP contribution in [0.5, 0.6) is 0 Å². The first-order valence-electron chi connectivity index (χ1n) is 3.82. The maximum Gasteiger partial charge on any atom is 0.248 e. The Bertz CT molecular complexity index is 350. The quantitative estimate of drug-likeness (QED) is 0.398. The van der Waals surface area contributed by atoms with Crippen LogP contribution in [-0.2, 0) is 9.59 Å². The average Bonchev–Trinajstić information content (AvgIpc) is 2.02. The Kier molecular flexibility index (Phi) is 2.70. The van der Waals surface area contributed by atoms with Crippen molar-refractivity contribution in [3.05, 3.63) is 11.4 Å². The summed E-state index contributed by atoms with van der Waals surface area (Å²) in [5, 5.41) is 2.53. The second-order valence-electron chi connectivity index (χ2n) is 2.90. The SMILES string of the molecule is NC(=O)C1=C(N)NC(=S)C(C(N)=O)C1. The first kappa shape index (κ1) is 10.5. The molecule has 7 heteroatoms. The minimum absolute atomic E-state index is 0.0718. The molecule has 1 rings (SSSR count). The lowest BCUT2D eigenvalue weighted by Crippen LogP contribution is -2.45. The molecule has 14 heavy (non-hydrogen) atoms. The normalized spacial score (nSPS) is 21.7. The van der Waals surface area contributed by atoms with Crippen LogP contribution in [0.2, 0.25) is 0 Å². The van der Waals surface area contributed by atoms with E-state index in [1.54, 1.807) is 0 Å². The highest BCUT2D eigenvalue weighted by atomic mass is 32.1. The lowest BCUT2D eigenvalue weighted by atomic mass is 9.95. The fourth-order valence-corrected chi connectivity index (χ4v) is 1.47. The molecule has 0 aromatic carbocycles. The Morgan fingerprint density at radius 3 is 2.43 bits per heavy atom. The molecule has 0 radical (unpaired) electrons. The van der Waals surface area contributed by atoms with Gasteiger partial charge in [0.05, 0.1) is 16.5 Å². The molecule has 0 aliphatic carbocycles. The minimum atomic E-state index is -0.709. The molecule has 1 aliphatic rings. The summed E-state index contributed by atoms with van der Waals surface area (Å²) in [5.74, 6) is -1.89. The molecule has 6 nitrogen and oxygen atoms in total. The minimum Gasteiger partial charge on any atom is -0.385 e. The topological polar surface area (TPSA) is 124 Å². The summed E-state index contributed by atoms with van der Waals surface area (Å²) in [6, 6.07) is 0. The first-order valence-corrected chi connectivity index (χ1v) is 4.23. The van der Waals surface area contributed by atoms with E-state index in [2.05, 4.69) is 5.32 Å². The lowest BCUT2D eigenvalue weighted by Gasteiger charge is -2.23. The number of carbonyl (C=O) groups is 2. The number of amides is 2.